The molecule has 0 fully saturated rings. The molecule has 0 aliphatic rings. The molecule has 32 heavy (non-hydrogen) atoms. The maximum Gasteiger partial charge on any atom is 0.311 e. The summed E-state index contributed by atoms with van der Waals surface area (Å²) in [4.78, 5) is 28.1. The molecule has 3 rings (SSSR count). The van der Waals surface area contributed by atoms with Crippen LogP contribution in [0.25, 0.3) is 23.1 Å². The molecule has 0 aliphatic heterocycles. The van der Waals surface area contributed by atoms with Gasteiger partial charge in [0.2, 0.25) is 5.75 Å². The highest BCUT2D eigenvalue weighted by Gasteiger charge is 2.16. The zero-order chi connectivity index (χ0) is 23.1. The first-order valence-electron chi connectivity index (χ1n) is 10.2. The van der Waals surface area contributed by atoms with E-state index in [0.717, 1.165) is 10.9 Å². The van der Waals surface area contributed by atoms with Crippen molar-refractivity contribution in [2.75, 3.05) is 14.2 Å². The van der Waals surface area contributed by atoms with Gasteiger partial charge in [-0.1, -0.05) is 38.1 Å². The molecule has 0 saturated carbocycles. The van der Waals surface area contributed by atoms with Crippen LogP contribution in [-0.2, 0) is 9.59 Å². The number of nitrogens with zero attached hydrogens (tertiary/aromatic N) is 1. The number of aromatic nitrogens is 1. The minimum absolute atomic E-state index is 0.233. The predicted octanol–water partition coefficient (Wildman–Crippen LogP) is 5.05. The maximum absolute atomic E-state index is 11.7. The minimum Gasteiger partial charge on any atom is -0.493 e. The van der Waals surface area contributed by atoms with Gasteiger partial charge in [-0.25, -0.2) is 4.98 Å². The van der Waals surface area contributed by atoms with Gasteiger partial charge in [-0.2, -0.15) is 0 Å². The number of rotatable bonds is 8. The average molecular weight is 435 g/mol. The lowest BCUT2D eigenvalue weighted by Gasteiger charge is -2.13. The number of methoxy groups -OCH3 is 2. The Morgan fingerprint density at radius 3 is 2.12 bits per heavy atom. The van der Waals surface area contributed by atoms with Crippen molar-refractivity contribution >= 4 is 35.0 Å². The van der Waals surface area contributed by atoms with Crippen LogP contribution in [-0.4, -0.2) is 31.1 Å². The number of benzene rings is 2. The monoisotopic (exact) mass is 435 g/mol. The molecule has 1 heterocycles. The zero-order valence-electron chi connectivity index (χ0n) is 18.5. The molecule has 0 amide bonds. The highest BCUT2D eigenvalue weighted by molar-refractivity contribution is 5.88. The van der Waals surface area contributed by atoms with E-state index in [0.29, 0.717) is 28.5 Å². The van der Waals surface area contributed by atoms with Gasteiger partial charge in [0, 0.05) is 18.2 Å². The van der Waals surface area contributed by atoms with E-state index in [2.05, 4.69) is 4.98 Å². The fourth-order valence-corrected chi connectivity index (χ4v) is 2.97. The van der Waals surface area contributed by atoms with Gasteiger partial charge in [0.15, 0.2) is 17.2 Å². The molecule has 0 unspecified atom stereocenters. The van der Waals surface area contributed by atoms with Crippen molar-refractivity contribution in [2.45, 2.75) is 26.7 Å². The van der Waals surface area contributed by atoms with Crippen LogP contribution in [0, 0.1) is 0 Å². The number of ether oxygens (including phenoxy) is 4. The summed E-state index contributed by atoms with van der Waals surface area (Å²) in [6.07, 6.45) is 4.18. The number of carbonyl (C=O) groups is 2. The molecule has 3 aromatic rings. The smallest absolute Gasteiger partial charge is 0.311 e. The minimum atomic E-state index is -0.384. The zero-order valence-corrected chi connectivity index (χ0v) is 18.5. The summed E-state index contributed by atoms with van der Waals surface area (Å²) in [5.41, 5.74) is 2.05. The molecule has 0 saturated heterocycles. The third kappa shape index (κ3) is 5.24. The Kier molecular flexibility index (Phi) is 7.44. The normalized spacial score (nSPS) is 10.9. The van der Waals surface area contributed by atoms with Gasteiger partial charge < -0.3 is 18.9 Å². The van der Waals surface area contributed by atoms with Crippen LogP contribution in [0.3, 0.4) is 0 Å². The predicted molar refractivity (Wildman–Crippen MR) is 122 cm³/mol. The van der Waals surface area contributed by atoms with Crippen LogP contribution in [0.2, 0.25) is 0 Å². The topological polar surface area (TPSA) is 84.0 Å². The summed E-state index contributed by atoms with van der Waals surface area (Å²) in [5.74, 6) is 0.727. The van der Waals surface area contributed by atoms with E-state index < -0.39 is 0 Å². The fraction of sp³-hybridized carbons (Fsp3) is 0.240. The summed E-state index contributed by atoms with van der Waals surface area (Å²) in [5, 5.41) is 0.869. The molecule has 1 aromatic heterocycles. The quantitative estimate of drug-likeness (QED) is 0.361. The Hall–Kier alpha value is -3.87. The lowest BCUT2D eigenvalue weighted by atomic mass is 10.1. The number of hydrogen-bond acceptors (Lipinski definition) is 7. The second kappa shape index (κ2) is 10.4. The highest BCUT2D eigenvalue weighted by atomic mass is 16.6. The molecule has 7 nitrogen and oxygen atoms in total. The molecule has 2 aromatic carbocycles. The standard InChI is InChI=1S/C25H25NO6/c1-5-22(27)31-19-9-7-8-17-11-13-18(26-24(17)19)12-10-16-14-20(29-3)25(21(15-16)30-4)32-23(28)6-2/h7-15H,5-6H2,1-4H3. The van der Waals surface area contributed by atoms with Crippen molar-refractivity contribution < 1.29 is 28.5 Å². The Morgan fingerprint density at radius 1 is 0.844 bits per heavy atom. The number of fused-ring (bicyclic) bond motifs is 1. The van der Waals surface area contributed by atoms with Crippen LogP contribution in [0.5, 0.6) is 23.0 Å². The first-order valence-corrected chi connectivity index (χ1v) is 10.2. The van der Waals surface area contributed by atoms with Crippen LogP contribution < -0.4 is 18.9 Å². The van der Waals surface area contributed by atoms with E-state index in [1.54, 1.807) is 32.0 Å². The van der Waals surface area contributed by atoms with Gasteiger partial charge in [0.1, 0.15) is 5.52 Å². The Balaban J connectivity index is 1.95. The van der Waals surface area contributed by atoms with Gasteiger partial charge in [-0.05, 0) is 35.9 Å². The second-order valence-electron chi connectivity index (χ2n) is 6.81. The van der Waals surface area contributed by atoms with Crippen molar-refractivity contribution in [3.63, 3.8) is 0 Å². The first-order chi connectivity index (χ1) is 15.5. The van der Waals surface area contributed by atoms with E-state index in [1.807, 2.05) is 36.4 Å². The molecule has 0 spiro atoms. The lowest BCUT2D eigenvalue weighted by Crippen LogP contribution is -2.08. The van der Waals surface area contributed by atoms with E-state index >= 15 is 0 Å². The number of hydrogen-bond donors (Lipinski definition) is 0. The van der Waals surface area contributed by atoms with Crippen molar-refractivity contribution in [2.24, 2.45) is 0 Å². The van der Waals surface area contributed by atoms with E-state index in [1.165, 1.54) is 14.2 Å². The van der Waals surface area contributed by atoms with Crippen LogP contribution in [0.4, 0.5) is 0 Å². The number of para-hydroxylation sites is 1. The molecule has 0 N–H and O–H groups in total. The number of pyridine rings is 1. The lowest BCUT2D eigenvalue weighted by molar-refractivity contribution is -0.135. The molecule has 0 bridgehead atoms. The Morgan fingerprint density at radius 2 is 1.50 bits per heavy atom. The molecule has 0 aliphatic carbocycles. The van der Waals surface area contributed by atoms with Crippen LogP contribution >= 0.6 is 0 Å². The van der Waals surface area contributed by atoms with Gasteiger partial charge in [-0.15, -0.1) is 0 Å². The van der Waals surface area contributed by atoms with Crippen molar-refractivity contribution in [3.05, 3.63) is 53.7 Å². The van der Waals surface area contributed by atoms with Crippen molar-refractivity contribution in [1.29, 1.82) is 0 Å². The average Bonchev–Trinajstić information content (AvgIpc) is 2.82. The van der Waals surface area contributed by atoms with Gasteiger partial charge in [0.25, 0.3) is 0 Å². The molecule has 7 heteroatoms. The molecule has 166 valence electrons. The van der Waals surface area contributed by atoms with E-state index in [9.17, 15) is 9.59 Å². The Labute approximate surface area is 186 Å². The molecular formula is C25H25NO6. The van der Waals surface area contributed by atoms with E-state index in [-0.39, 0.29) is 30.5 Å². The maximum atomic E-state index is 11.7. The van der Waals surface area contributed by atoms with Crippen molar-refractivity contribution in [3.8, 4) is 23.0 Å². The summed E-state index contributed by atoms with van der Waals surface area (Å²) in [7, 11) is 2.99. The SMILES string of the molecule is CCC(=O)Oc1c(OC)cc(C=Cc2ccc3cccc(OC(=O)CC)c3n2)cc1OC. The molecule has 0 atom stereocenters. The largest absolute Gasteiger partial charge is 0.493 e. The summed E-state index contributed by atoms with van der Waals surface area (Å²) in [6, 6.07) is 12.7. The van der Waals surface area contributed by atoms with Crippen LogP contribution in [0.15, 0.2) is 42.5 Å². The fourth-order valence-electron chi connectivity index (χ4n) is 2.97. The third-order valence-electron chi connectivity index (χ3n) is 4.65. The molecular weight excluding hydrogens is 410 g/mol. The number of carbonyl (C=O) groups excluding carboxylic acids is 2. The first kappa shape index (κ1) is 22.8. The van der Waals surface area contributed by atoms with Gasteiger partial charge >= 0.3 is 11.9 Å². The highest BCUT2D eigenvalue weighted by Crippen LogP contribution is 2.39. The Bertz CT molecular complexity index is 1140. The van der Waals surface area contributed by atoms with E-state index in [4.69, 9.17) is 18.9 Å². The second-order valence-corrected chi connectivity index (χ2v) is 6.81. The van der Waals surface area contributed by atoms with Gasteiger partial charge in [0.05, 0.1) is 19.9 Å². The van der Waals surface area contributed by atoms with Crippen molar-refractivity contribution in [1.82, 2.24) is 4.98 Å². The summed E-state index contributed by atoms with van der Waals surface area (Å²) in [6.45, 7) is 3.45. The summed E-state index contributed by atoms with van der Waals surface area (Å²) >= 11 is 0. The van der Waals surface area contributed by atoms with Gasteiger partial charge in [-0.3, -0.25) is 9.59 Å². The number of esters is 2. The van der Waals surface area contributed by atoms with Crippen LogP contribution in [0.1, 0.15) is 37.9 Å². The third-order valence-corrected chi connectivity index (χ3v) is 4.65. The summed E-state index contributed by atoms with van der Waals surface area (Å²) < 4.78 is 21.6. The molecule has 0 radical (unpaired) electrons.